The molecule has 0 heterocycles. The SMILES string of the molecule is CC(C)(C)OOC([SiH3])=C(OOC(C)(C)C)OOC(C)(C)C. The van der Waals surface area contributed by atoms with E-state index in [2.05, 4.69) is 0 Å². The third-order valence-corrected chi connectivity index (χ3v) is 2.01. The summed E-state index contributed by atoms with van der Waals surface area (Å²) in [5, 5.41) is 0.387. The zero-order valence-electron chi connectivity index (χ0n) is 14.9. The van der Waals surface area contributed by atoms with Crippen LogP contribution in [0.4, 0.5) is 0 Å². The normalized spacial score (nSPS) is 13.0. The van der Waals surface area contributed by atoms with E-state index in [0.29, 0.717) is 15.6 Å². The van der Waals surface area contributed by atoms with Crippen LogP contribution in [-0.2, 0) is 29.3 Å². The maximum absolute atomic E-state index is 5.24. The first kappa shape index (κ1) is 20.2. The summed E-state index contributed by atoms with van der Waals surface area (Å²) in [6.45, 7) is 16.8. The molecule has 0 bridgehead atoms. The van der Waals surface area contributed by atoms with Crippen LogP contribution in [0.1, 0.15) is 62.3 Å². The van der Waals surface area contributed by atoms with Crippen LogP contribution < -0.4 is 0 Å². The highest BCUT2D eigenvalue weighted by molar-refractivity contribution is 6.20. The van der Waals surface area contributed by atoms with E-state index in [1.807, 2.05) is 62.3 Å². The summed E-state index contributed by atoms with van der Waals surface area (Å²) in [5.74, 6) is 0.00997. The highest BCUT2D eigenvalue weighted by Gasteiger charge is 2.22. The topological polar surface area (TPSA) is 55.4 Å². The van der Waals surface area contributed by atoms with Crippen molar-refractivity contribution in [1.82, 2.24) is 0 Å². The lowest BCUT2D eigenvalue weighted by molar-refractivity contribution is -0.422. The maximum Gasteiger partial charge on any atom is 0.387 e. The van der Waals surface area contributed by atoms with Crippen molar-refractivity contribution in [2.24, 2.45) is 0 Å². The molecule has 0 saturated heterocycles. The first-order chi connectivity index (χ1) is 9.20. The summed E-state index contributed by atoms with van der Waals surface area (Å²) in [6, 6.07) is 0. The largest absolute Gasteiger partial charge is 0.387 e. The zero-order valence-corrected chi connectivity index (χ0v) is 16.9. The molecular weight excluding hydrogens is 292 g/mol. The van der Waals surface area contributed by atoms with Gasteiger partial charge < -0.3 is 4.89 Å². The Morgan fingerprint density at radius 3 is 1.14 bits per heavy atom. The Morgan fingerprint density at radius 2 is 0.857 bits per heavy atom. The third-order valence-electron chi connectivity index (χ3n) is 1.44. The Morgan fingerprint density at radius 1 is 0.571 bits per heavy atom. The van der Waals surface area contributed by atoms with Crippen molar-refractivity contribution in [3.05, 3.63) is 11.3 Å². The van der Waals surface area contributed by atoms with Gasteiger partial charge in [-0.3, -0.25) is 9.78 Å². The van der Waals surface area contributed by atoms with E-state index in [-0.39, 0.29) is 5.95 Å². The minimum atomic E-state index is -0.497. The van der Waals surface area contributed by atoms with E-state index in [9.17, 15) is 0 Å². The number of rotatable bonds is 6. The molecule has 0 radical (unpaired) electrons. The molecule has 0 spiro atoms. The van der Waals surface area contributed by atoms with Crippen LogP contribution in [0.5, 0.6) is 0 Å². The second kappa shape index (κ2) is 7.48. The van der Waals surface area contributed by atoms with Crippen molar-refractivity contribution >= 4 is 10.2 Å². The van der Waals surface area contributed by atoms with Crippen molar-refractivity contribution < 1.29 is 29.3 Å². The molecule has 0 atom stereocenters. The predicted octanol–water partition coefficient (Wildman–Crippen LogP) is 2.72. The summed E-state index contributed by atoms with van der Waals surface area (Å²) in [6.07, 6.45) is 0. The van der Waals surface area contributed by atoms with Crippen molar-refractivity contribution in [3.8, 4) is 0 Å². The van der Waals surface area contributed by atoms with Gasteiger partial charge in [0.05, 0.1) is 10.2 Å². The predicted molar refractivity (Wildman–Crippen MR) is 82.7 cm³/mol. The van der Waals surface area contributed by atoms with Gasteiger partial charge >= 0.3 is 5.95 Å². The molecule has 0 aromatic carbocycles. The minimum absolute atomic E-state index is 0.00997. The molecule has 0 rings (SSSR count). The monoisotopic (exact) mass is 322 g/mol. The number of hydrogen-bond acceptors (Lipinski definition) is 6. The standard InChI is InChI=1S/C14H30O6Si/c1-12(2,3)18-15-10(16-19-13(4,5)6)11(21)17-20-14(7,8)9/h1-9,21H3. The molecule has 0 unspecified atom stereocenters. The van der Waals surface area contributed by atoms with Crippen LogP contribution in [0.15, 0.2) is 11.3 Å². The van der Waals surface area contributed by atoms with Crippen molar-refractivity contribution in [1.29, 1.82) is 0 Å². The molecule has 0 aliphatic rings. The van der Waals surface area contributed by atoms with E-state index >= 15 is 0 Å². The Hall–Kier alpha value is -0.763. The van der Waals surface area contributed by atoms with Gasteiger partial charge in [0.1, 0.15) is 16.8 Å². The van der Waals surface area contributed by atoms with Crippen LogP contribution in [0.2, 0.25) is 0 Å². The lowest BCUT2D eigenvalue weighted by Crippen LogP contribution is -2.24. The fourth-order valence-electron chi connectivity index (χ4n) is 0.678. The lowest BCUT2D eigenvalue weighted by atomic mass is 10.2. The summed E-state index contributed by atoms with van der Waals surface area (Å²) in [4.78, 5) is 31.3. The van der Waals surface area contributed by atoms with Crippen LogP contribution in [0, 0.1) is 0 Å². The van der Waals surface area contributed by atoms with Crippen molar-refractivity contribution in [2.75, 3.05) is 0 Å². The molecule has 0 amide bonds. The average molecular weight is 322 g/mol. The molecular formula is C14H30O6Si. The van der Waals surface area contributed by atoms with Gasteiger partial charge in [0.2, 0.25) is 0 Å². The fraction of sp³-hybridized carbons (Fsp3) is 0.857. The van der Waals surface area contributed by atoms with E-state index in [1.165, 1.54) is 0 Å². The molecule has 126 valence electrons. The fourth-order valence-corrected chi connectivity index (χ4v) is 0.928. The van der Waals surface area contributed by atoms with Crippen LogP contribution >= 0.6 is 0 Å². The second-order valence-electron chi connectivity index (χ2n) is 7.68. The summed E-state index contributed by atoms with van der Waals surface area (Å²) in [5.41, 5.74) is -1.44. The molecule has 21 heavy (non-hydrogen) atoms. The van der Waals surface area contributed by atoms with E-state index in [4.69, 9.17) is 29.3 Å². The summed E-state index contributed by atoms with van der Waals surface area (Å²) < 4.78 is 0. The molecule has 0 saturated carbocycles. The van der Waals surface area contributed by atoms with Crippen molar-refractivity contribution in [3.63, 3.8) is 0 Å². The first-order valence-corrected chi connectivity index (χ1v) is 7.97. The van der Waals surface area contributed by atoms with Gasteiger partial charge in [-0.15, -0.1) is 0 Å². The lowest BCUT2D eigenvalue weighted by Gasteiger charge is -2.23. The maximum atomic E-state index is 5.24. The minimum Gasteiger partial charge on any atom is -0.340 e. The molecule has 0 fully saturated rings. The Kier molecular flexibility index (Phi) is 7.21. The van der Waals surface area contributed by atoms with Crippen LogP contribution in [0.3, 0.4) is 0 Å². The Labute approximate surface area is 130 Å². The van der Waals surface area contributed by atoms with Gasteiger partial charge in [0.25, 0.3) is 0 Å². The molecule has 0 N–H and O–H groups in total. The van der Waals surface area contributed by atoms with Gasteiger partial charge in [-0.2, -0.15) is 14.7 Å². The molecule has 0 aromatic rings. The second-order valence-corrected chi connectivity index (χ2v) is 8.59. The van der Waals surface area contributed by atoms with E-state index in [0.717, 1.165) is 0 Å². The molecule has 7 heteroatoms. The first-order valence-electron chi connectivity index (χ1n) is 6.97. The Balaban J connectivity index is 4.83. The quantitative estimate of drug-likeness (QED) is 0.324. The van der Waals surface area contributed by atoms with Crippen LogP contribution in [-0.4, -0.2) is 27.0 Å². The van der Waals surface area contributed by atoms with Gasteiger partial charge in [-0.25, -0.2) is 0 Å². The molecule has 0 aliphatic carbocycles. The van der Waals surface area contributed by atoms with Gasteiger partial charge in [-0.1, -0.05) is 0 Å². The molecule has 0 aliphatic heterocycles. The number of hydrogen-bond donors (Lipinski definition) is 0. The van der Waals surface area contributed by atoms with Crippen molar-refractivity contribution in [2.45, 2.75) is 79.1 Å². The third kappa shape index (κ3) is 12.7. The molecule has 0 aromatic heterocycles. The van der Waals surface area contributed by atoms with Gasteiger partial charge in [-0.05, 0) is 62.3 Å². The van der Waals surface area contributed by atoms with E-state index < -0.39 is 16.8 Å². The van der Waals surface area contributed by atoms with Gasteiger partial charge in [0.15, 0.2) is 5.38 Å². The molecule has 6 nitrogen and oxygen atoms in total. The van der Waals surface area contributed by atoms with Gasteiger partial charge in [0, 0.05) is 0 Å². The highest BCUT2D eigenvalue weighted by Crippen LogP contribution is 2.19. The smallest absolute Gasteiger partial charge is 0.340 e. The zero-order chi connectivity index (χ0) is 16.9. The van der Waals surface area contributed by atoms with Crippen LogP contribution in [0.25, 0.3) is 0 Å². The Bertz CT molecular complexity index is 326. The van der Waals surface area contributed by atoms with E-state index in [1.54, 1.807) is 0 Å². The average Bonchev–Trinajstić information content (AvgIpc) is 2.22. The summed E-state index contributed by atoms with van der Waals surface area (Å²) in [7, 11) is 0.490. The highest BCUT2D eigenvalue weighted by atomic mass is 28.1. The summed E-state index contributed by atoms with van der Waals surface area (Å²) >= 11 is 0.